The summed E-state index contributed by atoms with van der Waals surface area (Å²) < 4.78 is 45.1. The number of benzene rings is 1. The van der Waals surface area contributed by atoms with Crippen LogP contribution in [0.25, 0.3) is 12.2 Å². The lowest BCUT2D eigenvalue weighted by atomic mass is 9.84. The Morgan fingerprint density at radius 3 is 1.75 bits per heavy atom. The molecule has 0 aliphatic heterocycles. The Morgan fingerprint density at radius 1 is 0.821 bits per heavy atom. The second-order valence-corrected chi connectivity index (χ2v) is 8.53. The molecule has 0 atom stereocenters. The van der Waals surface area contributed by atoms with Crippen molar-refractivity contribution in [2.45, 2.75) is 52.4 Å². The van der Waals surface area contributed by atoms with Gasteiger partial charge in [0.1, 0.15) is 5.75 Å². The Balaban J connectivity index is 0.000000696. The number of halogens is 4. The van der Waals surface area contributed by atoms with E-state index in [0.717, 1.165) is 17.1 Å². The van der Waals surface area contributed by atoms with Crippen molar-refractivity contribution in [3.8, 4) is 5.75 Å². The summed E-state index contributed by atoms with van der Waals surface area (Å²) in [5.74, 6) is 2.10. The summed E-state index contributed by atoms with van der Waals surface area (Å²) in [6.45, 7) is 13.1. The summed E-state index contributed by atoms with van der Waals surface area (Å²) in [4.78, 5) is 0. The summed E-state index contributed by atoms with van der Waals surface area (Å²) in [5.41, 5.74) is 2.32. The molecule has 0 spiro atoms. The highest BCUT2D eigenvalue weighted by atomic mass is 19.5. The van der Waals surface area contributed by atoms with Crippen molar-refractivity contribution in [2.24, 2.45) is 0 Å². The highest BCUT2D eigenvalue weighted by Crippen LogP contribution is 2.31. The molecule has 2 rings (SSSR count). The van der Waals surface area contributed by atoms with E-state index >= 15 is 0 Å². The van der Waals surface area contributed by atoms with Crippen molar-refractivity contribution in [1.82, 2.24) is 0 Å². The Labute approximate surface area is 164 Å². The number of aromatic hydroxyl groups is 1. The van der Waals surface area contributed by atoms with Crippen molar-refractivity contribution in [3.05, 3.63) is 59.0 Å². The lowest BCUT2D eigenvalue weighted by molar-refractivity contribution is 0.368. The minimum absolute atomic E-state index is 0.0393. The van der Waals surface area contributed by atoms with E-state index in [1.807, 2.05) is 24.3 Å². The van der Waals surface area contributed by atoms with Gasteiger partial charge < -0.3 is 22.4 Å². The zero-order valence-corrected chi connectivity index (χ0v) is 17.1. The zero-order valence-electron chi connectivity index (χ0n) is 17.1. The van der Waals surface area contributed by atoms with Crippen LogP contribution >= 0.6 is 0 Å². The van der Waals surface area contributed by atoms with Gasteiger partial charge in [0.05, 0.1) is 5.41 Å². The minimum Gasteiger partial charge on any atom is -0.508 e. The molecular formula is C21H27BF4O2. The molecule has 0 aliphatic rings. The van der Waals surface area contributed by atoms with Crippen LogP contribution in [0.15, 0.2) is 40.8 Å². The van der Waals surface area contributed by atoms with Gasteiger partial charge in [-0.15, -0.1) is 0 Å². The molecule has 1 aromatic carbocycles. The van der Waals surface area contributed by atoms with Gasteiger partial charge in [-0.25, -0.2) is 4.42 Å². The summed E-state index contributed by atoms with van der Waals surface area (Å²) in [7, 11) is -6.00. The maximum absolute atomic E-state index is 9.75. The standard InChI is InChI=1S/C21H26O2.BF4/c1-20(2,3)16-13-18(23-19(14-16)21(4,5)6)12-9-15-7-10-17(22)11-8-15;2-1(3,4)5/h7-14H,1-6H3;/q;-1/p+1. The summed E-state index contributed by atoms with van der Waals surface area (Å²) in [6, 6.07) is 11.4. The van der Waals surface area contributed by atoms with Crippen LogP contribution in [0.4, 0.5) is 17.3 Å². The van der Waals surface area contributed by atoms with Crippen molar-refractivity contribution in [1.29, 1.82) is 0 Å². The van der Waals surface area contributed by atoms with Crippen LogP contribution < -0.4 is 0 Å². The van der Waals surface area contributed by atoms with E-state index in [1.165, 1.54) is 5.56 Å². The summed E-state index contributed by atoms with van der Waals surface area (Å²) in [5, 5.41) is 9.35. The largest absolute Gasteiger partial charge is 0.673 e. The number of phenols is 1. The Morgan fingerprint density at radius 2 is 1.32 bits per heavy atom. The van der Waals surface area contributed by atoms with Gasteiger partial charge in [-0.2, -0.15) is 0 Å². The third-order valence-corrected chi connectivity index (χ3v) is 3.75. The second kappa shape index (κ2) is 8.80. The number of hydrogen-bond acceptors (Lipinski definition) is 1. The molecule has 7 heteroatoms. The van der Waals surface area contributed by atoms with E-state index in [9.17, 15) is 22.4 Å². The molecule has 28 heavy (non-hydrogen) atoms. The molecule has 1 heterocycles. The maximum atomic E-state index is 9.75. The fraction of sp³-hybridized carbons (Fsp3) is 0.381. The van der Waals surface area contributed by atoms with E-state index in [4.69, 9.17) is 4.42 Å². The van der Waals surface area contributed by atoms with Gasteiger partial charge >= 0.3 is 18.8 Å². The van der Waals surface area contributed by atoms with Crippen LogP contribution in [-0.2, 0) is 10.8 Å². The fourth-order valence-corrected chi connectivity index (χ4v) is 2.17. The van der Waals surface area contributed by atoms with Gasteiger partial charge in [-0.3, -0.25) is 0 Å². The van der Waals surface area contributed by atoms with Gasteiger partial charge in [0.2, 0.25) is 0 Å². The van der Waals surface area contributed by atoms with Gasteiger partial charge in [0.15, 0.2) is 0 Å². The Bertz CT molecular complexity index is 761. The predicted octanol–water partition coefficient (Wildman–Crippen LogP) is 7.33. The lowest BCUT2D eigenvalue weighted by Crippen LogP contribution is -2.16. The highest BCUT2D eigenvalue weighted by molar-refractivity contribution is 6.50. The molecule has 2 nitrogen and oxygen atoms in total. The summed E-state index contributed by atoms with van der Waals surface area (Å²) in [6.07, 6.45) is 3.98. The van der Waals surface area contributed by atoms with Crippen LogP contribution in [0, 0.1) is 0 Å². The molecule has 0 fully saturated rings. The minimum atomic E-state index is -6.00. The van der Waals surface area contributed by atoms with Crippen molar-refractivity contribution < 1.29 is 26.8 Å². The average Bonchev–Trinajstić information content (AvgIpc) is 2.51. The average molecular weight is 398 g/mol. The van der Waals surface area contributed by atoms with Gasteiger partial charge in [-0.1, -0.05) is 32.9 Å². The predicted molar refractivity (Wildman–Crippen MR) is 108 cm³/mol. The first kappa shape index (κ1) is 23.7. The molecule has 0 amide bonds. The molecule has 0 saturated heterocycles. The second-order valence-electron chi connectivity index (χ2n) is 8.53. The molecule has 154 valence electrons. The Kier molecular flexibility index (Phi) is 7.46. The van der Waals surface area contributed by atoms with E-state index in [-0.39, 0.29) is 16.6 Å². The third kappa shape index (κ3) is 9.06. The first-order valence-electron chi connectivity index (χ1n) is 8.89. The van der Waals surface area contributed by atoms with Crippen LogP contribution in [0.1, 0.15) is 64.2 Å². The molecule has 0 saturated carbocycles. The van der Waals surface area contributed by atoms with Crippen LogP contribution in [0.5, 0.6) is 5.75 Å². The van der Waals surface area contributed by atoms with Crippen molar-refractivity contribution in [3.63, 3.8) is 0 Å². The van der Waals surface area contributed by atoms with Gasteiger partial charge in [-0.05, 0) is 55.5 Å². The van der Waals surface area contributed by atoms with Crippen molar-refractivity contribution in [2.75, 3.05) is 0 Å². The topological polar surface area (TPSA) is 31.5 Å². The maximum Gasteiger partial charge on any atom is 0.673 e. The van der Waals surface area contributed by atoms with Gasteiger partial charge in [0.25, 0.3) is 0 Å². The van der Waals surface area contributed by atoms with E-state index in [0.29, 0.717) is 0 Å². The monoisotopic (exact) mass is 398 g/mol. The van der Waals surface area contributed by atoms with Gasteiger partial charge in [0, 0.05) is 18.2 Å². The Hall–Kier alpha value is -2.31. The summed E-state index contributed by atoms with van der Waals surface area (Å²) >= 11 is 0. The number of phenolic OH excluding ortho intramolecular Hbond substituents is 1. The lowest BCUT2D eigenvalue weighted by Gasteiger charge is -2.19. The zero-order chi connectivity index (χ0) is 21.8. The van der Waals surface area contributed by atoms with Crippen molar-refractivity contribution >= 4 is 19.4 Å². The quantitative estimate of drug-likeness (QED) is 0.326. The molecule has 1 N–H and O–H groups in total. The number of hydrogen-bond donors (Lipinski definition) is 1. The molecule has 1 aromatic heterocycles. The van der Waals surface area contributed by atoms with E-state index in [1.54, 1.807) is 12.1 Å². The molecule has 0 unspecified atom stereocenters. The SMILES string of the molecule is CC(C)(C)c1cc(C=Cc2ccc(O)cc2)[o+]c(C(C)(C)C)c1.F[B-](F)(F)F. The smallest absolute Gasteiger partial charge is 0.508 e. The van der Waals surface area contributed by atoms with E-state index < -0.39 is 7.25 Å². The van der Waals surface area contributed by atoms with E-state index in [2.05, 4.69) is 53.7 Å². The number of rotatable bonds is 2. The normalized spacial score (nSPS) is 12.6. The highest BCUT2D eigenvalue weighted by Gasteiger charge is 2.30. The third-order valence-electron chi connectivity index (χ3n) is 3.75. The molecular weight excluding hydrogens is 371 g/mol. The fourth-order valence-electron chi connectivity index (χ4n) is 2.17. The first-order valence-corrected chi connectivity index (χ1v) is 8.89. The molecule has 0 bridgehead atoms. The molecule has 0 aliphatic carbocycles. The first-order chi connectivity index (χ1) is 12.6. The molecule has 0 radical (unpaired) electrons. The van der Waals surface area contributed by atoms with Crippen LogP contribution in [0.3, 0.4) is 0 Å². The van der Waals surface area contributed by atoms with Crippen LogP contribution in [0.2, 0.25) is 0 Å². The van der Waals surface area contributed by atoms with Crippen LogP contribution in [-0.4, -0.2) is 12.4 Å². The molecule has 2 aromatic rings.